The normalized spacial score (nSPS) is 9.70. The first-order valence-electron chi connectivity index (χ1n) is 3.68. The van der Waals surface area contributed by atoms with Crippen molar-refractivity contribution in [1.29, 1.82) is 0 Å². The largest absolute Gasteiger partial charge is 0.381 e. The van der Waals surface area contributed by atoms with Crippen LogP contribution in [0.1, 0.15) is 19.3 Å². The van der Waals surface area contributed by atoms with Crippen molar-refractivity contribution >= 4 is 0 Å². The second kappa shape index (κ2) is 8.66. The highest BCUT2D eigenvalue weighted by atomic mass is 16.5. The molecule has 0 bridgehead atoms. The van der Waals surface area contributed by atoms with E-state index < -0.39 is 0 Å². The number of ether oxygens (including phenoxy) is 1. The number of unbranched alkanes of at least 4 members (excludes halogenated alkanes) is 1. The van der Waals surface area contributed by atoms with Gasteiger partial charge in [0, 0.05) is 13.2 Å². The molecule has 2 heteroatoms. The van der Waals surface area contributed by atoms with Crippen molar-refractivity contribution in [3.63, 3.8) is 0 Å². The van der Waals surface area contributed by atoms with Crippen LogP contribution in [0.2, 0.25) is 0 Å². The van der Waals surface area contributed by atoms with Crippen molar-refractivity contribution in [2.45, 2.75) is 19.3 Å². The fourth-order valence-electron chi connectivity index (χ4n) is 0.575. The van der Waals surface area contributed by atoms with Gasteiger partial charge in [0.2, 0.25) is 0 Å². The Kier molecular flexibility index (Phi) is 8.37. The Morgan fingerprint density at radius 1 is 1.30 bits per heavy atom. The fraction of sp³-hybridized carbons (Fsp3) is 0.750. The van der Waals surface area contributed by atoms with Crippen LogP contribution in [0.15, 0.2) is 12.7 Å². The highest BCUT2D eigenvalue weighted by Gasteiger charge is 1.86. The van der Waals surface area contributed by atoms with Gasteiger partial charge in [0.05, 0.1) is 6.61 Å². The van der Waals surface area contributed by atoms with E-state index in [2.05, 4.69) is 6.58 Å². The second-order valence-corrected chi connectivity index (χ2v) is 2.10. The Labute approximate surface area is 62.5 Å². The number of hydrogen-bond donors (Lipinski definition) is 0. The average molecular weight is 143 g/mol. The summed E-state index contributed by atoms with van der Waals surface area (Å²) in [7, 11) is 0. The number of hydrogen-bond acceptors (Lipinski definition) is 1. The maximum atomic E-state index is 9.95. The fourth-order valence-corrected chi connectivity index (χ4v) is 0.575. The van der Waals surface area contributed by atoms with Gasteiger partial charge in [-0.05, 0) is 19.3 Å². The molecule has 0 fully saturated rings. The first-order valence-corrected chi connectivity index (χ1v) is 3.68. The molecule has 2 nitrogen and oxygen atoms in total. The van der Waals surface area contributed by atoms with Gasteiger partial charge in [-0.2, -0.15) is 0 Å². The molecule has 0 saturated heterocycles. The number of rotatable bonds is 7. The lowest BCUT2D eigenvalue weighted by molar-refractivity contribution is 0.120. The second-order valence-electron chi connectivity index (χ2n) is 2.10. The molecule has 0 N–H and O–H groups in total. The zero-order chi connectivity index (χ0) is 7.66. The molecule has 0 atom stereocenters. The zero-order valence-corrected chi connectivity index (χ0v) is 6.34. The van der Waals surface area contributed by atoms with Crippen molar-refractivity contribution in [2.75, 3.05) is 19.8 Å². The molecule has 0 aromatic heterocycles. The minimum Gasteiger partial charge on any atom is -0.381 e. The van der Waals surface area contributed by atoms with Crippen LogP contribution in [-0.2, 0) is 9.84 Å². The third kappa shape index (κ3) is 7.66. The summed E-state index contributed by atoms with van der Waals surface area (Å²) in [4.78, 5) is 0. The van der Waals surface area contributed by atoms with E-state index in [0.29, 0.717) is 0 Å². The van der Waals surface area contributed by atoms with Crippen LogP contribution in [0, 0.1) is 0 Å². The molecule has 0 rings (SSSR count). The molecule has 10 heavy (non-hydrogen) atoms. The van der Waals surface area contributed by atoms with E-state index in [1.165, 1.54) is 0 Å². The van der Waals surface area contributed by atoms with Crippen LogP contribution in [0.4, 0.5) is 0 Å². The van der Waals surface area contributed by atoms with Gasteiger partial charge < -0.3 is 4.74 Å². The average Bonchev–Trinajstić information content (AvgIpc) is 1.97. The Hall–Kier alpha value is -0.340. The summed E-state index contributed by atoms with van der Waals surface area (Å²) in [6.45, 7) is 5.04. The van der Waals surface area contributed by atoms with Crippen molar-refractivity contribution in [1.82, 2.24) is 0 Å². The molecule has 1 radical (unpaired) electrons. The predicted octanol–water partition coefficient (Wildman–Crippen LogP) is 1.79. The maximum Gasteiger partial charge on any atom is 0.0823 e. The van der Waals surface area contributed by atoms with Gasteiger partial charge in [0.15, 0.2) is 0 Å². The molecule has 0 aliphatic heterocycles. The minimum absolute atomic E-state index is 0.0187. The summed E-state index contributed by atoms with van der Waals surface area (Å²) in [5.41, 5.74) is 0. The predicted molar refractivity (Wildman–Crippen MR) is 40.4 cm³/mol. The highest BCUT2D eigenvalue weighted by Crippen LogP contribution is 1.90. The summed E-state index contributed by atoms with van der Waals surface area (Å²) in [5, 5.41) is 9.95. The quantitative estimate of drug-likeness (QED) is 0.394. The van der Waals surface area contributed by atoms with Gasteiger partial charge in [0.1, 0.15) is 0 Å². The van der Waals surface area contributed by atoms with Gasteiger partial charge in [-0.15, -0.1) is 6.58 Å². The van der Waals surface area contributed by atoms with Crippen molar-refractivity contribution in [3.05, 3.63) is 12.7 Å². The Balaban J connectivity index is 2.70. The van der Waals surface area contributed by atoms with E-state index in [4.69, 9.17) is 4.74 Å². The standard InChI is InChI=1S/C8H15O2/c1-2-3-7-10-8-5-4-6-9/h2H,1,3-8H2. The van der Waals surface area contributed by atoms with E-state index in [-0.39, 0.29) is 6.61 Å². The van der Waals surface area contributed by atoms with E-state index in [1.54, 1.807) is 0 Å². The lowest BCUT2D eigenvalue weighted by Crippen LogP contribution is -1.96. The third-order valence-corrected chi connectivity index (χ3v) is 1.15. The van der Waals surface area contributed by atoms with Crippen molar-refractivity contribution < 1.29 is 9.84 Å². The van der Waals surface area contributed by atoms with Gasteiger partial charge >= 0.3 is 0 Å². The van der Waals surface area contributed by atoms with E-state index in [1.807, 2.05) is 6.08 Å². The molecular formula is C8H15O2. The molecule has 59 valence electrons. The summed E-state index contributed by atoms with van der Waals surface area (Å²) >= 11 is 0. The molecule has 0 amide bonds. The molecule has 0 unspecified atom stereocenters. The van der Waals surface area contributed by atoms with Gasteiger partial charge in [-0.3, -0.25) is 0 Å². The van der Waals surface area contributed by atoms with Crippen LogP contribution in [0.25, 0.3) is 0 Å². The summed E-state index contributed by atoms with van der Waals surface area (Å²) in [5.74, 6) is 0. The van der Waals surface area contributed by atoms with Crippen LogP contribution >= 0.6 is 0 Å². The summed E-state index contributed by atoms with van der Waals surface area (Å²) in [6, 6.07) is 0. The molecule has 0 aliphatic rings. The highest BCUT2D eigenvalue weighted by molar-refractivity contribution is 4.64. The Morgan fingerprint density at radius 2 is 2.10 bits per heavy atom. The van der Waals surface area contributed by atoms with Gasteiger partial charge in [-0.1, -0.05) is 6.08 Å². The smallest absolute Gasteiger partial charge is 0.0823 e. The lowest BCUT2D eigenvalue weighted by atomic mass is 10.3. The molecule has 0 aromatic rings. The first kappa shape index (κ1) is 9.66. The molecule has 0 aliphatic carbocycles. The molecule has 0 aromatic carbocycles. The monoisotopic (exact) mass is 143 g/mol. The Bertz CT molecular complexity index is 71.7. The summed E-state index contributed by atoms with van der Waals surface area (Å²) in [6.07, 6.45) is 4.35. The lowest BCUT2D eigenvalue weighted by Gasteiger charge is -1.99. The van der Waals surface area contributed by atoms with Crippen LogP contribution in [-0.4, -0.2) is 19.8 Å². The molecular weight excluding hydrogens is 128 g/mol. The SMILES string of the molecule is C=CCCOCCCC[O]. The van der Waals surface area contributed by atoms with Gasteiger partial charge in [-0.25, -0.2) is 5.11 Å². The van der Waals surface area contributed by atoms with E-state index in [9.17, 15) is 5.11 Å². The van der Waals surface area contributed by atoms with E-state index in [0.717, 1.165) is 32.5 Å². The maximum absolute atomic E-state index is 9.95. The molecule has 0 heterocycles. The third-order valence-electron chi connectivity index (χ3n) is 1.15. The molecule has 0 saturated carbocycles. The van der Waals surface area contributed by atoms with Crippen LogP contribution in [0.5, 0.6) is 0 Å². The van der Waals surface area contributed by atoms with Crippen LogP contribution < -0.4 is 0 Å². The first-order chi connectivity index (χ1) is 4.91. The molecule has 0 spiro atoms. The van der Waals surface area contributed by atoms with Crippen molar-refractivity contribution in [3.8, 4) is 0 Å². The van der Waals surface area contributed by atoms with E-state index >= 15 is 0 Å². The minimum atomic E-state index is 0.0187. The van der Waals surface area contributed by atoms with Gasteiger partial charge in [0.25, 0.3) is 0 Å². The van der Waals surface area contributed by atoms with Crippen molar-refractivity contribution in [2.24, 2.45) is 0 Å². The Morgan fingerprint density at radius 3 is 2.70 bits per heavy atom. The summed E-state index contributed by atoms with van der Waals surface area (Å²) < 4.78 is 5.17. The zero-order valence-electron chi connectivity index (χ0n) is 6.34. The van der Waals surface area contributed by atoms with Crippen LogP contribution in [0.3, 0.4) is 0 Å². The topological polar surface area (TPSA) is 29.1 Å².